The molecule has 1 aromatic carbocycles. The predicted molar refractivity (Wildman–Crippen MR) is 79.6 cm³/mol. The summed E-state index contributed by atoms with van der Waals surface area (Å²) >= 11 is 5.74. The molecule has 0 aromatic heterocycles. The zero-order valence-electron chi connectivity index (χ0n) is 10.9. The van der Waals surface area contributed by atoms with Crippen molar-refractivity contribution in [2.45, 2.75) is 25.7 Å². The van der Waals surface area contributed by atoms with Crippen LogP contribution in [-0.2, 0) is 0 Å². The highest BCUT2D eigenvalue weighted by Crippen LogP contribution is 2.24. The number of nitrogens with zero attached hydrogens (tertiary/aromatic N) is 3. The molecular formula is C13H15ClN4O2. The Balaban J connectivity index is 2.02. The van der Waals surface area contributed by atoms with Crippen LogP contribution in [-0.4, -0.2) is 23.5 Å². The molecule has 7 heteroatoms. The molecule has 6 nitrogen and oxygen atoms in total. The Labute approximate surface area is 121 Å². The van der Waals surface area contributed by atoms with Crippen LogP contribution in [0.15, 0.2) is 28.3 Å². The van der Waals surface area contributed by atoms with E-state index in [0.29, 0.717) is 5.56 Å². The highest BCUT2D eigenvalue weighted by atomic mass is 35.5. The lowest BCUT2D eigenvalue weighted by Crippen LogP contribution is -2.17. The Morgan fingerprint density at radius 1 is 1.40 bits per heavy atom. The molecule has 0 aliphatic carbocycles. The first-order valence-electron chi connectivity index (χ1n) is 6.43. The van der Waals surface area contributed by atoms with Gasteiger partial charge < -0.3 is 0 Å². The lowest BCUT2D eigenvalue weighted by atomic mass is 10.2. The monoisotopic (exact) mass is 294 g/mol. The third kappa shape index (κ3) is 4.03. The van der Waals surface area contributed by atoms with Crippen LogP contribution in [0.25, 0.3) is 0 Å². The van der Waals surface area contributed by atoms with Crippen molar-refractivity contribution in [1.29, 1.82) is 0 Å². The first-order chi connectivity index (χ1) is 9.66. The largest absolute Gasteiger partial charge is 0.288 e. The van der Waals surface area contributed by atoms with Gasteiger partial charge in [0.2, 0.25) is 0 Å². The van der Waals surface area contributed by atoms with Gasteiger partial charge in [0.1, 0.15) is 10.9 Å². The number of halogens is 1. The van der Waals surface area contributed by atoms with Gasteiger partial charge in [-0.2, -0.15) is 5.10 Å². The average Bonchev–Trinajstić information content (AvgIpc) is 2.69. The van der Waals surface area contributed by atoms with Crippen molar-refractivity contribution < 1.29 is 4.92 Å². The van der Waals surface area contributed by atoms with Crippen molar-refractivity contribution in [3.8, 4) is 0 Å². The van der Waals surface area contributed by atoms with Gasteiger partial charge in [0, 0.05) is 24.6 Å². The molecule has 1 heterocycles. The minimum atomic E-state index is -0.511. The Hall–Kier alpha value is -1.95. The minimum Gasteiger partial charge on any atom is -0.271 e. The van der Waals surface area contributed by atoms with Crippen LogP contribution < -0.4 is 5.43 Å². The Bertz CT molecular complexity index is 557. The predicted octanol–water partition coefficient (Wildman–Crippen LogP) is 3.14. The number of hydrogen-bond donors (Lipinski definition) is 1. The standard InChI is InChI=1S/C13H15ClN4O2/c14-11-6-5-10(8-12(11)18(19)20)9-16-17-13-4-2-1-3-7-15-13/h5-6,8-9H,1-4,7H2,(H,15,17)/b16-9+. The Kier molecular flexibility index (Phi) is 5.06. The molecular weight excluding hydrogens is 280 g/mol. The van der Waals surface area contributed by atoms with E-state index in [1.165, 1.54) is 24.8 Å². The maximum absolute atomic E-state index is 10.8. The second-order valence-electron chi connectivity index (χ2n) is 4.48. The van der Waals surface area contributed by atoms with E-state index in [0.717, 1.165) is 31.6 Å². The molecule has 0 spiro atoms. The number of amidine groups is 1. The summed E-state index contributed by atoms with van der Waals surface area (Å²) in [5.74, 6) is 0.863. The molecule has 20 heavy (non-hydrogen) atoms. The molecule has 0 amide bonds. The minimum absolute atomic E-state index is 0.119. The number of benzene rings is 1. The zero-order chi connectivity index (χ0) is 14.4. The van der Waals surface area contributed by atoms with E-state index in [-0.39, 0.29) is 10.7 Å². The number of aliphatic imine (C=N–C) groups is 1. The van der Waals surface area contributed by atoms with Crippen LogP contribution >= 0.6 is 11.6 Å². The molecule has 1 N–H and O–H groups in total. The van der Waals surface area contributed by atoms with E-state index in [1.807, 2.05) is 0 Å². The summed E-state index contributed by atoms with van der Waals surface area (Å²) in [6.07, 6.45) is 5.81. The number of nitro groups is 1. The summed E-state index contributed by atoms with van der Waals surface area (Å²) in [4.78, 5) is 14.6. The molecule has 0 saturated carbocycles. The zero-order valence-corrected chi connectivity index (χ0v) is 11.6. The third-order valence-electron chi connectivity index (χ3n) is 2.95. The Morgan fingerprint density at radius 2 is 2.25 bits per heavy atom. The second-order valence-corrected chi connectivity index (χ2v) is 4.88. The van der Waals surface area contributed by atoms with Gasteiger partial charge in [-0.3, -0.25) is 20.5 Å². The molecule has 1 aliphatic heterocycles. The fourth-order valence-electron chi connectivity index (χ4n) is 1.90. The van der Waals surface area contributed by atoms with Gasteiger partial charge >= 0.3 is 0 Å². The van der Waals surface area contributed by atoms with Crippen LogP contribution in [0.1, 0.15) is 31.2 Å². The van der Waals surface area contributed by atoms with E-state index in [4.69, 9.17) is 11.6 Å². The van der Waals surface area contributed by atoms with Gasteiger partial charge in [0.25, 0.3) is 5.69 Å². The highest BCUT2D eigenvalue weighted by Gasteiger charge is 2.11. The maximum atomic E-state index is 10.8. The normalized spacial score (nSPS) is 15.8. The summed E-state index contributed by atoms with van der Waals surface area (Å²) in [5, 5.41) is 15.0. The molecule has 0 atom stereocenters. The topological polar surface area (TPSA) is 79.9 Å². The first kappa shape index (κ1) is 14.5. The number of nitrogens with one attached hydrogen (secondary N) is 1. The smallest absolute Gasteiger partial charge is 0.271 e. The van der Waals surface area contributed by atoms with Gasteiger partial charge in [0.05, 0.1) is 11.1 Å². The number of hydrogen-bond acceptors (Lipinski definition) is 5. The molecule has 1 aromatic rings. The van der Waals surface area contributed by atoms with Crippen molar-refractivity contribution in [3.63, 3.8) is 0 Å². The van der Waals surface area contributed by atoms with Crippen LogP contribution in [0.5, 0.6) is 0 Å². The van der Waals surface area contributed by atoms with E-state index >= 15 is 0 Å². The van der Waals surface area contributed by atoms with Gasteiger partial charge in [-0.25, -0.2) is 0 Å². The quantitative estimate of drug-likeness (QED) is 0.528. The van der Waals surface area contributed by atoms with Crippen molar-refractivity contribution in [3.05, 3.63) is 38.9 Å². The number of rotatable bonds is 3. The van der Waals surface area contributed by atoms with Crippen LogP contribution in [0, 0.1) is 10.1 Å². The third-order valence-corrected chi connectivity index (χ3v) is 3.27. The second kappa shape index (κ2) is 7.00. The summed E-state index contributed by atoms with van der Waals surface area (Å²) in [6.45, 7) is 0.824. The van der Waals surface area contributed by atoms with E-state index in [2.05, 4.69) is 15.5 Å². The maximum Gasteiger partial charge on any atom is 0.288 e. The molecule has 0 saturated heterocycles. The number of nitro benzene ring substituents is 1. The lowest BCUT2D eigenvalue weighted by molar-refractivity contribution is -0.384. The average molecular weight is 295 g/mol. The van der Waals surface area contributed by atoms with Gasteiger partial charge in [-0.05, 0) is 18.9 Å². The summed E-state index contributed by atoms with van der Waals surface area (Å²) in [7, 11) is 0. The van der Waals surface area contributed by atoms with E-state index in [9.17, 15) is 10.1 Å². The lowest BCUT2D eigenvalue weighted by Gasteiger charge is -2.02. The first-order valence-corrected chi connectivity index (χ1v) is 6.81. The van der Waals surface area contributed by atoms with Crippen molar-refractivity contribution in [2.75, 3.05) is 6.54 Å². The van der Waals surface area contributed by atoms with Crippen molar-refractivity contribution in [1.82, 2.24) is 5.43 Å². The molecule has 1 aliphatic rings. The molecule has 0 unspecified atom stereocenters. The molecule has 0 bridgehead atoms. The number of hydrazone groups is 1. The molecule has 2 rings (SSSR count). The SMILES string of the molecule is O=[N+]([O-])c1cc(/C=N/NC2=NCCCCC2)ccc1Cl. The van der Waals surface area contributed by atoms with Crippen LogP contribution in [0.4, 0.5) is 5.69 Å². The van der Waals surface area contributed by atoms with E-state index in [1.54, 1.807) is 6.07 Å². The summed E-state index contributed by atoms with van der Waals surface area (Å²) in [5.41, 5.74) is 3.38. The highest BCUT2D eigenvalue weighted by molar-refractivity contribution is 6.32. The molecule has 0 radical (unpaired) electrons. The molecule has 106 valence electrons. The Morgan fingerprint density at radius 3 is 3.05 bits per heavy atom. The van der Waals surface area contributed by atoms with Gasteiger partial charge in [0.15, 0.2) is 0 Å². The summed E-state index contributed by atoms with van der Waals surface area (Å²) in [6, 6.07) is 4.56. The van der Waals surface area contributed by atoms with Crippen LogP contribution in [0.2, 0.25) is 5.02 Å². The molecule has 0 fully saturated rings. The fourth-order valence-corrected chi connectivity index (χ4v) is 2.08. The fraction of sp³-hybridized carbons (Fsp3) is 0.385. The van der Waals surface area contributed by atoms with Crippen LogP contribution in [0.3, 0.4) is 0 Å². The van der Waals surface area contributed by atoms with Gasteiger partial charge in [-0.1, -0.05) is 24.1 Å². The van der Waals surface area contributed by atoms with Crippen molar-refractivity contribution in [2.24, 2.45) is 10.1 Å². The van der Waals surface area contributed by atoms with E-state index < -0.39 is 4.92 Å². The van der Waals surface area contributed by atoms with Crippen molar-refractivity contribution >= 4 is 29.3 Å². The van der Waals surface area contributed by atoms with Gasteiger partial charge in [-0.15, -0.1) is 0 Å². The summed E-state index contributed by atoms with van der Waals surface area (Å²) < 4.78 is 0.